The van der Waals surface area contributed by atoms with Gasteiger partial charge in [0.2, 0.25) is 5.91 Å². The lowest BCUT2D eigenvalue weighted by molar-refractivity contribution is -0.134. The Morgan fingerprint density at radius 3 is 2.78 bits per heavy atom. The maximum Gasteiger partial charge on any atom is 0.226 e. The number of rotatable bonds is 4. The molecule has 1 saturated carbocycles. The lowest BCUT2D eigenvalue weighted by Gasteiger charge is -2.26. The van der Waals surface area contributed by atoms with E-state index in [9.17, 15) is 4.79 Å². The molecule has 1 amide bonds. The number of hydrogen-bond acceptors (Lipinski definition) is 5. The summed E-state index contributed by atoms with van der Waals surface area (Å²) >= 11 is 0. The minimum absolute atomic E-state index is 0.258. The van der Waals surface area contributed by atoms with Gasteiger partial charge in [-0.2, -0.15) is 0 Å². The molecule has 3 aliphatic rings. The van der Waals surface area contributed by atoms with E-state index in [-0.39, 0.29) is 11.3 Å². The van der Waals surface area contributed by atoms with Crippen molar-refractivity contribution < 1.29 is 9.53 Å². The van der Waals surface area contributed by atoms with Gasteiger partial charge in [-0.1, -0.05) is 0 Å². The second kappa shape index (κ2) is 7.66. The van der Waals surface area contributed by atoms with Crippen LogP contribution in [0.2, 0.25) is 0 Å². The standard InChI is InChI=1S/C21H32N4O2/c1-24(2)19-6-5-17(15-22-19)23-16-4-3-10-25(11-7-16)20(26)18-14-21(18)8-12-27-13-9-21/h5-6,15-16,18,23H,3-4,7-14H2,1-2H3. The van der Waals surface area contributed by atoms with E-state index < -0.39 is 0 Å². The predicted octanol–water partition coefficient (Wildman–Crippen LogP) is 2.76. The van der Waals surface area contributed by atoms with E-state index in [1.54, 1.807) is 0 Å². The fourth-order valence-corrected chi connectivity index (χ4v) is 4.68. The van der Waals surface area contributed by atoms with Gasteiger partial charge in [0, 0.05) is 52.4 Å². The van der Waals surface area contributed by atoms with Crippen LogP contribution in [0.15, 0.2) is 18.3 Å². The van der Waals surface area contributed by atoms with Gasteiger partial charge in [-0.15, -0.1) is 0 Å². The molecule has 2 atom stereocenters. The van der Waals surface area contributed by atoms with Crippen LogP contribution in [0.4, 0.5) is 11.5 Å². The van der Waals surface area contributed by atoms with Crippen LogP contribution in [-0.4, -0.2) is 62.2 Å². The number of pyridine rings is 1. The van der Waals surface area contributed by atoms with Crippen LogP contribution >= 0.6 is 0 Å². The zero-order chi connectivity index (χ0) is 18.9. The Hall–Kier alpha value is -1.82. The summed E-state index contributed by atoms with van der Waals surface area (Å²) in [6.45, 7) is 3.42. The molecule has 1 aromatic rings. The first kappa shape index (κ1) is 18.5. The van der Waals surface area contributed by atoms with Crippen LogP contribution in [0.1, 0.15) is 38.5 Å². The first-order valence-electron chi connectivity index (χ1n) is 10.3. The van der Waals surface area contributed by atoms with Crippen LogP contribution in [-0.2, 0) is 9.53 Å². The Morgan fingerprint density at radius 1 is 1.26 bits per heavy atom. The third kappa shape index (κ3) is 4.05. The maximum atomic E-state index is 13.0. The van der Waals surface area contributed by atoms with Gasteiger partial charge in [-0.25, -0.2) is 4.98 Å². The van der Waals surface area contributed by atoms with Gasteiger partial charge in [-0.3, -0.25) is 4.79 Å². The molecule has 0 aromatic carbocycles. The van der Waals surface area contributed by atoms with Crippen molar-refractivity contribution in [2.75, 3.05) is 50.6 Å². The highest BCUT2D eigenvalue weighted by atomic mass is 16.5. The summed E-state index contributed by atoms with van der Waals surface area (Å²) in [6.07, 6.45) is 8.29. The van der Waals surface area contributed by atoms with E-state index in [1.165, 1.54) is 0 Å². The van der Waals surface area contributed by atoms with Crippen molar-refractivity contribution in [3.05, 3.63) is 18.3 Å². The van der Waals surface area contributed by atoms with Gasteiger partial charge in [0.1, 0.15) is 5.82 Å². The van der Waals surface area contributed by atoms with Crippen molar-refractivity contribution in [1.29, 1.82) is 0 Å². The molecule has 0 bridgehead atoms. The van der Waals surface area contributed by atoms with E-state index in [2.05, 4.69) is 21.3 Å². The Kier molecular flexibility index (Phi) is 5.26. The summed E-state index contributed by atoms with van der Waals surface area (Å²) in [6, 6.07) is 4.54. The lowest BCUT2D eigenvalue weighted by atomic mass is 9.93. The number of carbonyl (C=O) groups excluding carboxylic acids is 1. The summed E-state index contributed by atoms with van der Waals surface area (Å²) in [5.74, 6) is 1.62. The van der Waals surface area contributed by atoms with Crippen molar-refractivity contribution in [3.63, 3.8) is 0 Å². The third-order valence-electron chi connectivity index (χ3n) is 6.59. The number of hydrogen-bond donors (Lipinski definition) is 1. The molecule has 27 heavy (non-hydrogen) atoms. The summed E-state index contributed by atoms with van der Waals surface area (Å²) in [5, 5.41) is 3.61. The van der Waals surface area contributed by atoms with Crippen LogP contribution < -0.4 is 10.2 Å². The second-order valence-electron chi connectivity index (χ2n) is 8.63. The second-order valence-corrected chi connectivity index (χ2v) is 8.63. The highest BCUT2D eigenvalue weighted by Gasteiger charge is 2.58. The van der Waals surface area contributed by atoms with Gasteiger partial charge >= 0.3 is 0 Å². The maximum absolute atomic E-state index is 13.0. The van der Waals surface area contributed by atoms with Crippen molar-refractivity contribution in [1.82, 2.24) is 9.88 Å². The topological polar surface area (TPSA) is 57.7 Å². The molecule has 1 spiro atoms. The molecule has 4 rings (SSSR count). The fraction of sp³-hybridized carbons (Fsp3) is 0.714. The van der Waals surface area contributed by atoms with Crippen molar-refractivity contribution in [3.8, 4) is 0 Å². The molecule has 2 unspecified atom stereocenters. The molecule has 148 valence electrons. The SMILES string of the molecule is CN(C)c1ccc(NC2CCCN(C(=O)C3CC34CCOCC4)CC2)cn1. The molecule has 6 nitrogen and oxygen atoms in total. The van der Waals surface area contributed by atoms with Crippen molar-refractivity contribution in [2.24, 2.45) is 11.3 Å². The van der Waals surface area contributed by atoms with E-state index in [0.29, 0.717) is 11.9 Å². The highest BCUT2D eigenvalue weighted by molar-refractivity contribution is 5.82. The Bertz CT molecular complexity index is 655. The van der Waals surface area contributed by atoms with Crippen molar-refractivity contribution in [2.45, 2.75) is 44.6 Å². The van der Waals surface area contributed by atoms with Gasteiger partial charge in [0.05, 0.1) is 11.9 Å². The summed E-state index contributed by atoms with van der Waals surface area (Å²) in [7, 11) is 3.99. The molecule has 3 fully saturated rings. The first-order valence-corrected chi connectivity index (χ1v) is 10.3. The summed E-state index contributed by atoms with van der Waals surface area (Å²) in [4.78, 5) is 21.6. The summed E-state index contributed by atoms with van der Waals surface area (Å²) in [5.41, 5.74) is 1.34. The molecule has 6 heteroatoms. The number of likely N-dealkylation sites (tertiary alicyclic amines) is 1. The quantitative estimate of drug-likeness (QED) is 0.881. The zero-order valence-electron chi connectivity index (χ0n) is 16.6. The number of anilines is 2. The minimum atomic E-state index is 0.258. The average molecular weight is 373 g/mol. The van der Waals surface area contributed by atoms with E-state index in [1.807, 2.05) is 31.3 Å². The van der Waals surface area contributed by atoms with Gasteiger partial charge in [0.15, 0.2) is 0 Å². The average Bonchev–Trinajstić information content (AvgIpc) is 3.41. The van der Waals surface area contributed by atoms with E-state index in [0.717, 1.165) is 76.3 Å². The molecule has 1 aliphatic carbocycles. The molecule has 0 radical (unpaired) electrons. The smallest absolute Gasteiger partial charge is 0.226 e. The first-order chi connectivity index (χ1) is 13.1. The Balaban J connectivity index is 1.29. The largest absolute Gasteiger partial charge is 0.381 e. The molecule has 1 aromatic heterocycles. The van der Waals surface area contributed by atoms with Crippen molar-refractivity contribution >= 4 is 17.4 Å². The van der Waals surface area contributed by atoms with Gasteiger partial charge in [-0.05, 0) is 56.1 Å². The highest BCUT2D eigenvalue weighted by Crippen LogP contribution is 2.59. The van der Waals surface area contributed by atoms with Crippen LogP contribution in [0.5, 0.6) is 0 Å². The zero-order valence-corrected chi connectivity index (χ0v) is 16.6. The van der Waals surface area contributed by atoms with Gasteiger partial charge < -0.3 is 19.9 Å². The molecule has 2 saturated heterocycles. The number of nitrogens with one attached hydrogen (secondary N) is 1. The number of amides is 1. The molecular formula is C21H32N4O2. The summed E-state index contributed by atoms with van der Waals surface area (Å²) < 4.78 is 5.49. The number of carbonyl (C=O) groups is 1. The van der Waals surface area contributed by atoms with Gasteiger partial charge in [0.25, 0.3) is 0 Å². The third-order valence-corrected chi connectivity index (χ3v) is 6.59. The number of nitrogens with zero attached hydrogens (tertiary/aromatic N) is 3. The number of ether oxygens (including phenoxy) is 1. The minimum Gasteiger partial charge on any atom is -0.381 e. The lowest BCUT2D eigenvalue weighted by Crippen LogP contribution is -2.36. The normalized spacial score (nSPS) is 27.1. The molecule has 1 N–H and O–H groups in total. The molecule has 3 heterocycles. The Morgan fingerprint density at radius 2 is 2.07 bits per heavy atom. The predicted molar refractivity (Wildman–Crippen MR) is 107 cm³/mol. The molecule has 2 aliphatic heterocycles. The van der Waals surface area contributed by atoms with Crippen LogP contribution in [0.25, 0.3) is 0 Å². The van der Waals surface area contributed by atoms with E-state index >= 15 is 0 Å². The Labute approximate surface area is 162 Å². The van der Waals surface area contributed by atoms with Crippen LogP contribution in [0, 0.1) is 11.3 Å². The fourth-order valence-electron chi connectivity index (χ4n) is 4.68. The molecular weight excluding hydrogens is 340 g/mol. The van der Waals surface area contributed by atoms with Crippen LogP contribution in [0.3, 0.4) is 0 Å². The van der Waals surface area contributed by atoms with E-state index in [4.69, 9.17) is 4.74 Å². The number of aromatic nitrogens is 1. The monoisotopic (exact) mass is 372 g/mol.